The maximum Gasteiger partial charge on any atom is 0.318 e. The minimum atomic E-state index is -0.00337. The van der Waals surface area contributed by atoms with Gasteiger partial charge in [-0.05, 0) is 25.7 Å². The van der Waals surface area contributed by atoms with Crippen LogP contribution in [0.3, 0.4) is 0 Å². The maximum atomic E-state index is 12.6. The van der Waals surface area contributed by atoms with Crippen molar-refractivity contribution in [3.05, 3.63) is 36.2 Å². The van der Waals surface area contributed by atoms with Gasteiger partial charge in [0.25, 0.3) is 0 Å². The van der Waals surface area contributed by atoms with E-state index in [-0.39, 0.29) is 12.1 Å². The summed E-state index contributed by atoms with van der Waals surface area (Å²) < 4.78 is 0. The minimum absolute atomic E-state index is 0.00337. The number of aromatic amines is 1. The average Bonchev–Trinajstić information content (AvgIpc) is 3.36. The number of carbonyl (C=O) groups excluding carboxylic acids is 1. The fraction of sp³-hybridized carbons (Fsp3) is 0.500. The number of aromatic nitrogens is 3. The third-order valence-electron chi connectivity index (χ3n) is 5.05. The number of nitrogens with one attached hydrogen (secondary N) is 2. The van der Waals surface area contributed by atoms with Gasteiger partial charge in [-0.15, -0.1) is 0 Å². The minimum Gasteiger partial charge on any atom is -0.335 e. The summed E-state index contributed by atoms with van der Waals surface area (Å²) in [5, 5.41) is 10.6. The summed E-state index contributed by atoms with van der Waals surface area (Å²) >= 11 is 0. The SMILES string of the molecule is O=C(NC1CCCC1)N1CCC[C@H]1c1nc(-c2ccccc2)n[nH]1. The molecule has 0 radical (unpaired) electrons. The van der Waals surface area contributed by atoms with Crippen LogP contribution in [0.25, 0.3) is 11.4 Å². The van der Waals surface area contributed by atoms with E-state index in [4.69, 9.17) is 0 Å². The van der Waals surface area contributed by atoms with Crippen LogP contribution in [0, 0.1) is 0 Å². The van der Waals surface area contributed by atoms with Crippen molar-refractivity contribution in [3.63, 3.8) is 0 Å². The number of rotatable bonds is 3. The van der Waals surface area contributed by atoms with Crippen LogP contribution in [0.4, 0.5) is 4.79 Å². The fourth-order valence-corrected chi connectivity index (χ4v) is 3.76. The first-order valence-corrected chi connectivity index (χ1v) is 8.86. The Morgan fingerprint density at radius 1 is 1.12 bits per heavy atom. The maximum absolute atomic E-state index is 12.6. The Labute approximate surface area is 141 Å². The molecule has 2 amide bonds. The van der Waals surface area contributed by atoms with Gasteiger partial charge in [0.2, 0.25) is 0 Å². The van der Waals surface area contributed by atoms with Crippen molar-refractivity contribution in [3.8, 4) is 11.4 Å². The van der Waals surface area contributed by atoms with Crippen molar-refractivity contribution in [2.75, 3.05) is 6.54 Å². The van der Waals surface area contributed by atoms with Crippen LogP contribution < -0.4 is 5.32 Å². The summed E-state index contributed by atoms with van der Waals surface area (Å²) in [6, 6.07) is 10.3. The Morgan fingerprint density at radius 2 is 1.92 bits per heavy atom. The number of nitrogens with zero attached hydrogens (tertiary/aromatic N) is 3. The zero-order chi connectivity index (χ0) is 16.4. The second-order valence-corrected chi connectivity index (χ2v) is 6.69. The third-order valence-corrected chi connectivity index (χ3v) is 5.05. The van der Waals surface area contributed by atoms with Crippen molar-refractivity contribution in [1.82, 2.24) is 25.4 Å². The van der Waals surface area contributed by atoms with Gasteiger partial charge in [-0.3, -0.25) is 5.10 Å². The lowest BCUT2D eigenvalue weighted by Gasteiger charge is -2.25. The van der Waals surface area contributed by atoms with Gasteiger partial charge in [-0.2, -0.15) is 5.10 Å². The predicted octanol–water partition coefficient (Wildman–Crippen LogP) is 3.26. The molecule has 2 heterocycles. The van der Waals surface area contributed by atoms with Gasteiger partial charge in [0.05, 0.1) is 6.04 Å². The van der Waals surface area contributed by atoms with Gasteiger partial charge in [-0.1, -0.05) is 43.2 Å². The summed E-state index contributed by atoms with van der Waals surface area (Å²) in [6.07, 6.45) is 6.58. The normalized spacial score (nSPS) is 21.3. The molecule has 1 saturated carbocycles. The smallest absolute Gasteiger partial charge is 0.318 e. The zero-order valence-corrected chi connectivity index (χ0v) is 13.7. The van der Waals surface area contributed by atoms with Gasteiger partial charge < -0.3 is 10.2 Å². The van der Waals surface area contributed by atoms with Crippen molar-refractivity contribution in [2.45, 2.75) is 50.6 Å². The highest BCUT2D eigenvalue weighted by Gasteiger charge is 2.33. The molecule has 6 heteroatoms. The van der Waals surface area contributed by atoms with Crippen molar-refractivity contribution < 1.29 is 4.79 Å². The Kier molecular flexibility index (Phi) is 4.19. The molecular weight excluding hydrogens is 302 g/mol. The summed E-state index contributed by atoms with van der Waals surface area (Å²) in [7, 11) is 0. The monoisotopic (exact) mass is 325 g/mol. The number of H-pyrrole nitrogens is 1. The van der Waals surface area contributed by atoms with Crippen LogP contribution in [0.2, 0.25) is 0 Å². The van der Waals surface area contributed by atoms with E-state index in [1.807, 2.05) is 35.2 Å². The molecule has 0 bridgehead atoms. The van der Waals surface area contributed by atoms with Crippen molar-refractivity contribution >= 4 is 6.03 Å². The molecule has 1 saturated heterocycles. The molecule has 1 atom stereocenters. The number of urea groups is 1. The number of likely N-dealkylation sites (tertiary alicyclic amines) is 1. The van der Waals surface area contributed by atoms with E-state index >= 15 is 0 Å². The van der Waals surface area contributed by atoms with Gasteiger partial charge in [-0.25, -0.2) is 9.78 Å². The molecule has 0 unspecified atom stereocenters. The van der Waals surface area contributed by atoms with E-state index in [0.717, 1.165) is 43.6 Å². The van der Waals surface area contributed by atoms with E-state index < -0.39 is 0 Å². The molecule has 2 fully saturated rings. The van der Waals surface area contributed by atoms with E-state index in [0.29, 0.717) is 11.9 Å². The number of hydrogen-bond donors (Lipinski definition) is 2. The van der Waals surface area contributed by atoms with Gasteiger partial charge in [0.1, 0.15) is 5.82 Å². The Hall–Kier alpha value is -2.37. The lowest BCUT2D eigenvalue weighted by molar-refractivity contribution is 0.187. The molecule has 1 aromatic heterocycles. The molecule has 2 aromatic rings. The standard InChI is InChI=1S/C18H23N5O/c24-18(19-14-9-4-5-10-14)23-12-6-11-15(23)17-20-16(21-22-17)13-7-2-1-3-8-13/h1-3,7-8,14-15H,4-6,9-12H2,(H,19,24)(H,20,21,22)/t15-/m0/s1. The largest absolute Gasteiger partial charge is 0.335 e. The molecule has 0 spiro atoms. The van der Waals surface area contributed by atoms with Crippen molar-refractivity contribution in [2.24, 2.45) is 0 Å². The van der Waals surface area contributed by atoms with Crippen LogP contribution in [0.15, 0.2) is 30.3 Å². The second kappa shape index (κ2) is 6.63. The first kappa shape index (κ1) is 15.2. The number of amides is 2. The number of hydrogen-bond acceptors (Lipinski definition) is 3. The topological polar surface area (TPSA) is 73.9 Å². The summed E-state index contributed by atoms with van der Waals surface area (Å²) in [5.74, 6) is 1.47. The summed E-state index contributed by atoms with van der Waals surface area (Å²) in [6.45, 7) is 0.782. The van der Waals surface area contributed by atoms with E-state index in [9.17, 15) is 4.79 Å². The molecule has 1 aliphatic carbocycles. The summed E-state index contributed by atoms with van der Waals surface area (Å²) in [4.78, 5) is 19.2. The van der Waals surface area contributed by atoms with Crippen LogP contribution in [-0.2, 0) is 0 Å². The van der Waals surface area contributed by atoms with Crippen LogP contribution >= 0.6 is 0 Å². The molecule has 1 aliphatic heterocycles. The molecule has 2 N–H and O–H groups in total. The van der Waals surface area contributed by atoms with Gasteiger partial charge >= 0.3 is 6.03 Å². The van der Waals surface area contributed by atoms with E-state index in [1.54, 1.807) is 0 Å². The van der Waals surface area contributed by atoms with E-state index in [1.165, 1.54) is 12.8 Å². The van der Waals surface area contributed by atoms with Gasteiger partial charge in [0.15, 0.2) is 5.82 Å². The highest BCUT2D eigenvalue weighted by molar-refractivity contribution is 5.75. The first-order valence-electron chi connectivity index (χ1n) is 8.86. The van der Waals surface area contributed by atoms with Crippen LogP contribution in [0.5, 0.6) is 0 Å². The Balaban J connectivity index is 1.48. The van der Waals surface area contributed by atoms with Crippen molar-refractivity contribution in [1.29, 1.82) is 0 Å². The molecule has 1 aromatic carbocycles. The zero-order valence-electron chi connectivity index (χ0n) is 13.7. The van der Waals surface area contributed by atoms with Gasteiger partial charge in [0, 0.05) is 18.2 Å². The first-order chi connectivity index (χ1) is 11.8. The lowest BCUT2D eigenvalue weighted by atomic mass is 10.2. The molecule has 6 nitrogen and oxygen atoms in total. The number of benzene rings is 1. The molecule has 126 valence electrons. The molecule has 4 rings (SSSR count). The molecule has 24 heavy (non-hydrogen) atoms. The van der Waals surface area contributed by atoms with Crippen LogP contribution in [0.1, 0.15) is 50.4 Å². The average molecular weight is 325 g/mol. The van der Waals surface area contributed by atoms with Crippen LogP contribution in [-0.4, -0.2) is 38.7 Å². The lowest BCUT2D eigenvalue weighted by Crippen LogP contribution is -2.43. The summed E-state index contributed by atoms with van der Waals surface area (Å²) in [5.41, 5.74) is 0.986. The van der Waals surface area contributed by atoms with E-state index in [2.05, 4.69) is 20.5 Å². The molecule has 2 aliphatic rings. The predicted molar refractivity (Wildman–Crippen MR) is 91.3 cm³/mol. The number of carbonyl (C=O) groups is 1. The third kappa shape index (κ3) is 3.00. The Bertz CT molecular complexity index is 692. The quantitative estimate of drug-likeness (QED) is 0.909. The fourth-order valence-electron chi connectivity index (χ4n) is 3.76. The highest BCUT2D eigenvalue weighted by Crippen LogP contribution is 2.31. The highest BCUT2D eigenvalue weighted by atomic mass is 16.2. The second-order valence-electron chi connectivity index (χ2n) is 6.69. The molecular formula is C18H23N5O. The Morgan fingerprint density at radius 3 is 2.71 bits per heavy atom.